The Morgan fingerprint density at radius 1 is 0.537 bits per heavy atom. The molecule has 0 fully saturated rings. The first-order valence-corrected chi connectivity index (χ1v) is 19.1. The van der Waals surface area contributed by atoms with Gasteiger partial charge in [0.2, 0.25) is 36.8 Å². The van der Waals surface area contributed by atoms with Crippen LogP contribution in [0.2, 0.25) is 0 Å². The highest BCUT2D eigenvalue weighted by Gasteiger charge is 2.34. The quantitative estimate of drug-likeness (QED) is 0.0213. The molecule has 7 unspecified atom stereocenters. The Balaban J connectivity index is 2.32. The van der Waals surface area contributed by atoms with Crippen LogP contribution in [0.4, 0.5) is 5.69 Å². The van der Waals surface area contributed by atoms with E-state index in [1.165, 1.54) is 30.3 Å². The highest BCUT2D eigenvalue weighted by Crippen LogP contribution is 2.15. The molecule has 30 heteroatoms. The number of nitrogens with one attached hydrogen (secondary N) is 6. The molecule has 2 rings (SSSR count). The first kappa shape index (κ1) is 53.8. The lowest BCUT2D eigenvalue weighted by Crippen LogP contribution is -2.60. The van der Waals surface area contributed by atoms with Crippen molar-refractivity contribution in [3.05, 3.63) is 84.0 Å². The van der Waals surface area contributed by atoms with Crippen molar-refractivity contribution < 1.29 is 38.7 Å². The van der Waals surface area contributed by atoms with Crippen molar-refractivity contribution in [3.8, 4) is 0 Å². The van der Waals surface area contributed by atoms with E-state index in [0.717, 1.165) is 17.5 Å². The maximum absolute atomic E-state index is 13.8. The monoisotopic (exact) mass is 934 g/mol. The molecule has 30 nitrogen and oxygen atoms in total. The van der Waals surface area contributed by atoms with Gasteiger partial charge in [0.05, 0.1) is 0 Å². The molecule has 0 bridgehead atoms. The summed E-state index contributed by atoms with van der Waals surface area (Å²) in [5.41, 5.74) is 56.2. The van der Waals surface area contributed by atoms with Crippen LogP contribution in [0.25, 0.3) is 6.08 Å². The number of hydrogen-bond donors (Lipinski definition) is 17. The zero-order valence-electron chi connectivity index (χ0n) is 35.9. The first-order valence-electron chi connectivity index (χ1n) is 19.1. The molecule has 7 amide bonds. The van der Waals surface area contributed by atoms with Gasteiger partial charge in [0.15, 0.2) is 30.0 Å². The fraction of sp³-hybridized carbons (Fsp3) is 0.243. The average Bonchev–Trinajstić information content (AvgIpc) is 3.25. The average molecular weight is 935 g/mol. The number of hydrogen-bond acceptors (Lipinski definition) is 15. The van der Waals surface area contributed by atoms with Gasteiger partial charge < -0.3 is 99.2 Å². The molecule has 0 spiro atoms. The predicted molar refractivity (Wildman–Crippen MR) is 247 cm³/mol. The van der Waals surface area contributed by atoms with Crippen LogP contribution in [-0.2, 0) is 33.6 Å². The normalized spacial score (nSPS) is 14.0. The van der Waals surface area contributed by atoms with Gasteiger partial charge in [-0.25, -0.2) is 20.0 Å². The summed E-state index contributed by atoms with van der Waals surface area (Å²) in [6.07, 6.45) is -4.50. The van der Waals surface area contributed by atoms with Crippen molar-refractivity contribution in [2.75, 3.05) is 19.0 Å². The van der Waals surface area contributed by atoms with E-state index in [9.17, 15) is 38.7 Å². The van der Waals surface area contributed by atoms with Crippen molar-refractivity contribution in [2.24, 2.45) is 82.3 Å². The standard InChI is InChI=1S/C37H54N22O8/c1-59(2)19-14-12-17(13-15-19)9-5-4-8-16-48-32(66)33(67)49-20(18-10-6-3-7-11-18)27(61)51-24(56-35(42)43)29(63)53-26(58-37(46)47)31(65)54-25(57-36(44)45)30(64)52-23(55-34(40)41)28(62)50-21(38)22(39)60/h3-16,20-21,23-26,32,66H,38H2,1-2H3,(H2,39,60)(H,49,67)(H,50,62)(H,51,61)(H,52,64)(H,53,63)(H,54,65)(H4,40,41,55)(H4,42,43,56)(H4,44,45,57)(H4,46,47,58)/b8-4-,9-5+,48-16+. The Labute approximate surface area is 381 Å². The second-order valence-corrected chi connectivity index (χ2v) is 13.5. The number of benzene rings is 2. The fourth-order valence-electron chi connectivity index (χ4n) is 4.91. The summed E-state index contributed by atoms with van der Waals surface area (Å²) in [6, 6.07) is 13.6. The minimum atomic E-state index is -2.18. The van der Waals surface area contributed by atoms with Crippen molar-refractivity contribution >= 4 is 83.2 Å². The van der Waals surface area contributed by atoms with E-state index >= 15 is 0 Å². The summed E-state index contributed by atoms with van der Waals surface area (Å²) in [4.78, 5) is 112. The van der Waals surface area contributed by atoms with E-state index in [2.05, 4.69) is 40.9 Å². The van der Waals surface area contributed by atoms with Crippen molar-refractivity contribution in [1.82, 2.24) is 31.9 Å². The van der Waals surface area contributed by atoms with Gasteiger partial charge in [0, 0.05) is 26.0 Å². The third-order valence-electron chi connectivity index (χ3n) is 7.98. The summed E-state index contributed by atoms with van der Waals surface area (Å²) in [5.74, 6) is -12.0. The van der Waals surface area contributed by atoms with E-state index in [1.54, 1.807) is 18.2 Å². The topological polar surface area (TPSA) is 537 Å². The molecule has 2 aromatic carbocycles. The van der Waals surface area contributed by atoms with Crippen LogP contribution in [0.5, 0.6) is 0 Å². The molecule has 0 aliphatic rings. The van der Waals surface area contributed by atoms with Crippen molar-refractivity contribution in [1.29, 1.82) is 0 Å². The number of primary amides is 1. The molecule has 27 N–H and O–H groups in total. The number of aliphatic hydroxyl groups is 1. The molecule has 0 aromatic heterocycles. The van der Waals surface area contributed by atoms with Crippen LogP contribution in [0, 0.1) is 0 Å². The molecule has 0 heterocycles. The third-order valence-corrected chi connectivity index (χ3v) is 7.98. The maximum Gasteiger partial charge on any atom is 0.272 e. The van der Waals surface area contributed by atoms with Crippen LogP contribution in [0.3, 0.4) is 0 Å². The molecule has 2 aromatic rings. The van der Waals surface area contributed by atoms with Gasteiger partial charge in [-0.2, -0.15) is 0 Å². The number of carbonyl (C=O) groups is 7. The molecule has 0 radical (unpaired) electrons. The van der Waals surface area contributed by atoms with Crippen LogP contribution in [0.1, 0.15) is 17.2 Å². The van der Waals surface area contributed by atoms with Crippen LogP contribution >= 0.6 is 0 Å². The summed E-state index contributed by atoms with van der Waals surface area (Å²) in [5, 5.41) is 23.0. The number of anilines is 1. The number of carbonyl (C=O) groups excluding carboxylic acids is 7. The smallest absolute Gasteiger partial charge is 0.272 e. The number of amides is 7. The summed E-state index contributed by atoms with van der Waals surface area (Å²) >= 11 is 0. The Morgan fingerprint density at radius 2 is 0.955 bits per heavy atom. The van der Waals surface area contributed by atoms with Crippen LogP contribution in [0.15, 0.2) is 97.8 Å². The first-order chi connectivity index (χ1) is 31.5. The van der Waals surface area contributed by atoms with Crippen LogP contribution < -0.4 is 94.1 Å². The number of nitrogens with two attached hydrogens (primary N) is 10. The number of rotatable bonds is 23. The largest absolute Gasteiger partial charge is 0.378 e. The molecule has 0 aliphatic carbocycles. The molecular weight excluding hydrogens is 881 g/mol. The third kappa shape index (κ3) is 19.3. The van der Waals surface area contributed by atoms with Crippen molar-refractivity contribution in [3.63, 3.8) is 0 Å². The maximum atomic E-state index is 13.8. The molecule has 0 saturated carbocycles. The van der Waals surface area contributed by atoms with E-state index in [1.807, 2.05) is 65.3 Å². The van der Waals surface area contributed by atoms with Gasteiger partial charge in [0.25, 0.3) is 35.4 Å². The molecular formula is C37H54N22O8. The molecule has 0 saturated heterocycles. The molecule has 7 atom stereocenters. The van der Waals surface area contributed by atoms with E-state index in [-0.39, 0.29) is 5.56 Å². The number of nitrogens with zero attached hydrogens (tertiary/aromatic N) is 6. The highest BCUT2D eigenvalue weighted by molar-refractivity contribution is 5.99. The predicted octanol–water partition coefficient (Wildman–Crippen LogP) is -8.68. The number of guanidine groups is 4. The zero-order valence-corrected chi connectivity index (χ0v) is 35.9. The SMILES string of the molecule is CN(C)c1ccc(/C=C/C=C\C=N\C(O)C(=O)NC(C(=O)NC(N=C(N)N)C(=O)NC(N=C(N)N)C(=O)NC(N=C(N)N)C(=O)NC(N=C(N)N)C(=O)NC(N)C(N)=O)c2ccccc2)cc1. The van der Waals surface area contributed by atoms with E-state index in [4.69, 9.17) is 57.3 Å². The molecule has 67 heavy (non-hydrogen) atoms. The van der Waals surface area contributed by atoms with E-state index in [0.29, 0.717) is 0 Å². The zero-order chi connectivity index (χ0) is 50.4. The number of aliphatic hydroxyl groups excluding tert-OH is 1. The Hall–Kier alpha value is -9.32. The second kappa shape index (κ2) is 26.3. The second-order valence-electron chi connectivity index (χ2n) is 13.5. The summed E-state index contributed by atoms with van der Waals surface area (Å²) in [6.45, 7) is 0. The molecule has 360 valence electrons. The Bertz CT molecular complexity index is 2280. The van der Waals surface area contributed by atoms with Gasteiger partial charge in [-0.3, -0.25) is 38.6 Å². The van der Waals surface area contributed by atoms with Crippen molar-refractivity contribution in [2.45, 2.75) is 43.1 Å². The minimum Gasteiger partial charge on any atom is -0.378 e. The van der Waals surface area contributed by atoms with Gasteiger partial charge in [0.1, 0.15) is 6.04 Å². The fourth-order valence-corrected chi connectivity index (χ4v) is 4.91. The lowest BCUT2D eigenvalue weighted by molar-refractivity contribution is -0.136. The number of aliphatic imine (C=N–C) groups is 5. The Kier molecular flexibility index (Phi) is 21.2. The van der Waals surface area contributed by atoms with E-state index < -0.39 is 108 Å². The minimum absolute atomic E-state index is 0.147. The van der Waals surface area contributed by atoms with Crippen LogP contribution in [-0.4, -0.2) is 128 Å². The highest BCUT2D eigenvalue weighted by atomic mass is 16.3. The summed E-state index contributed by atoms with van der Waals surface area (Å²) in [7, 11) is 3.85. The molecule has 0 aliphatic heterocycles. The van der Waals surface area contributed by atoms with Gasteiger partial charge in [-0.05, 0) is 29.3 Å². The Morgan fingerprint density at radius 3 is 1.36 bits per heavy atom. The lowest BCUT2D eigenvalue weighted by Gasteiger charge is -2.24. The van der Waals surface area contributed by atoms with Gasteiger partial charge in [-0.1, -0.05) is 60.7 Å². The summed E-state index contributed by atoms with van der Waals surface area (Å²) < 4.78 is 0. The van der Waals surface area contributed by atoms with Gasteiger partial charge >= 0.3 is 0 Å². The number of allylic oxidation sites excluding steroid dienone is 3. The lowest BCUT2D eigenvalue weighted by atomic mass is 10.1. The van der Waals surface area contributed by atoms with Gasteiger partial charge in [-0.15, -0.1) is 0 Å².